The van der Waals surface area contributed by atoms with Crippen molar-refractivity contribution in [1.82, 2.24) is 15.1 Å². The molecule has 0 bridgehead atoms. The normalized spacial score (nSPS) is 10.6. The van der Waals surface area contributed by atoms with Crippen LogP contribution < -0.4 is 10.9 Å². The molecular formula is C19H19N3O2S. The number of carbonyl (C=O) groups is 1. The van der Waals surface area contributed by atoms with Crippen molar-refractivity contribution in [3.8, 4) is 0 Å². The molecule has 0 spiro atoms. The Morgan fingerprint density at radius 3 is 2.68 bits per heavy atom. The van der Waals surface area contributed by atoms with Crippen LogP contribution in [0.5, 0.6) is 0 Å². The number of carbonyl (C=O) groups excluding carboxylic acids is 1. The molecule has 1 aromatic carbocycles. The van der Waals surface area contributed by atoms with Gasteiger partial charge >= 0.3 is 0 Å². The van der Waals surface area contributed by atoms with Gasteiger partial charge in [0, 0.05) is 17.5 Å². The maximum atomic E-state index is 12.2. The van der Waals surface area contributed by atoms with Gasteiger partial charge in [-0.15, -0.1) is 11.3 Å². The highest BCUT2D eigenvalue weighted by Crippen LogP contribution is 2.08. The van der Waals surface area contributed by atoms with Gasteiger partial charge in [-0.3, -0.25) is 9.59 Å². The average Bonchev–Trinajstić information content (AvgIpc) is 3.12. The van der Waals surface area contributed by atoms with Crippen LogP contribution in [0.3, 0.4) is 0 Å². The van der Waals surface area contributed by atoms with Gasteiger partial charge in [0.25, 0.3) is 11.5 Å². The van der Waals surface area contributed by atoms with Crippen LogP contribution in [0.1, 0.15) is 26.5 Å². The Morgan fingerprint density at radius 2 is 1.96 bits per heavy atom. The smallest absolute Gasteiger partial charge is 0.271 e. The predicted octanol–water partition coefficient (Wildman–Crippen LogP) is 2.63. The SMILES string of the molecule is Cc1ccc(Cn2nc(C(=O)NCCc3cccs3)ccc2=O)cc1. The van der Waals surface area contributed by atoms with E-state index in [9.17, 15) is 9.59 Å². The molecule has 5 nitrogen and oxygen atoms in total. The highest BCUT2D eigenvalue weighted by atomic mass is 32.1. The Labute approximate surface area is 150 Å². The number of aromatic nitrogens is 2. The minimum absolute atomic E-state index is 0.226. The maximum Gasteiger partial charge on any atom is 0.271 e. The number of hydrogen-bond acceptors (Lipinski definition) is 4. The van der Waals surface area contributed by atoms with Crippen LogP contribution in [0, 0.1) is 6.92 Å². The molecule has 0 aliphatic heterocycles. The molecule has 0 saturated carbocycles. The number of amides is 1. The molecule has 0 saturated heterocycles. The van der Waals surface area contributed by atoms with E-state index >= 15 is 0 Å². The van der Waals surface area contributed by atoms with E-state index in [-0.39, 0.29) is 17.2 Å². The van der Waals surface area contributed by atoms with Crippen molar-refractivity contribution < 1.29 is 4.79 Å². The molecule has 2 aromatic heterocycles. The number of benzene rings is 1. The maximum absolute atomic E-state index is 12.2. The Morgan fingerprint density at radius 1 is 1.16 bits per heavy atom. The number of aryl methyl sites for hydroxylation is 1. The van der Waals surface area contributed by atoms with Crippen LogP contribution in [-0.4, -0.2) is 22.2 Å². The predicted molar refractivity (Wildman–Crippen MR) is 99.1 cm³/mol. The molecule has 3 aromatic rings. The first kappa shape index (κ1) is 17.1. The lowest BCUT2D eigenvalue weighted by Crippen LogP contribution is -2.30. The van der Waals surface area contributed by atoms with Crippen molar-refractivity contribution in [2.75, 3.05) is 6.54 Å². The van der Waals surface area contributed by atoms with E-state index in [1.807, 2.05) is 48.7 Å². The zero-order chi connectivity index (χ0) is 17.6. The third-order valence-electron chi connectivity index (χ3n) is 3.79. The summed E-state index contributed by atoms with van der Waals surface area (Å²) in [6.45, 7) is 2.89. The molecule has 3 rings (SSSR count). The van der Waals surface area contributed by atoms with Gasteiger partial charge in [0.05, 0.1) is 6.54 Å². The van der Waals surface area contributed by atoms with Crippen molar-refractivity contribution in [1.29, 1.82) is 0 Å². The summed E-state index contributed by atoms with van der Waals surface area (Å²) < 4.78 is 1.32. The summed E-state index contributed by atoms with van der Waals surface area (Å²) in [4.78, 5) is 25.5. The van der Waals surface area contributed by atoms with Crippen LogP contribution in [0.15, 0.2) is 58.7 Å². The van der Waals surface area contributed by atoms with Gasteiger partial charge in [0.2, 0.25) is 0 Å². The molecule has 1 amide bonds. The van der Waals surface area contributed by atoms with Crippen molar-refractivity contribution in [3.63, 3.8) is 0 Å². The van der Waals surface area contributed by atoms with Crippen molar-refractivity contribution in [3.05, 3.63) is 86.0 Å². The Balaban J connectivity index is 1.66. The van der Waals surface area contributed by atoms with E-state index in [0.29, 0.717) is 13.1 Å². The monoisotopic (exact) mass is 353 g/mol. The van der Waals surface area contributed by atoms with Crippen LogP contribution in [-0.2, 0) is 13.0 Å². The lowest BCUT2D eigenvalue weighted by molar-refractivity contribution is 0.0946. The second kappa shape index (κ2) is 7.90. The fourth-order valence-electron chi connectivity index (χ4n) is 2.39. The lowest BCUT2D eigenvalue weighted by atomic mass is 10.1. The van der Waals surface area contributed by atoms with Crippen LogP contribution in [0.4, 0.5) is 0 Å². The second-order valence-corrected chi connectivity index (χ2v) is 6.82. The van der Waals surface area contributed by atoms with E-state index < -0.39 is 0 Å². The lowest BCUT2D eigenvalue weighted by Gasteiger charge is -2.08. The molecule has 1 N–H and O–H groups in total. The number of rotatable bonds is 6. The van der Waals surface area contributed by atoms with Gasteiger partial charge in [-0.1, -0.05) is 35.9 Å². The minimum atomic E-state index is -0.269. The molecular weight excluding hydrogens is 334 g/mol. The molecule has 0 unspecified atom stereocenters. The van der Waals surface area contributed by atoms with Gasteiger partial charge in [-0.2, -0.15) is 5.10 Å². The molecule has 128 valence electrons. The highest BCUT2D eigenvalue weighted by molar-refractivity contribution is 7.09. The largest absolute Gasteiger partial charge is 0.350 e. The van der Waals surface area contributed by atoms with Crippen LogP contribution in [0.25, 0.3) is 0 Å². The average molecular weight is 353 g/mol. The fourth-order valence-corrected chi connectivity index (χ4v) is 3.10. The molecule has 25 heavy (non-hydrogen) atoms. The minimum Gasteiger partial charge on any atom is -0.350 e. The number of nitrogens with one attached hydrogen (secondary N) is 1. The highest BCUT2D eigenvalue weighted by Gasteiger charge is 2.09. The summed E-state index contributed by atoms with van der Waals surface area (Å²) in [5.74, 6) is -0.269. The van der Waals surface area contributed by atoms with Crippen molar-refractivity contribution in [2.24, 2.45) is 0 Å². The first-order valence-electron chi connectivity index (χ1n) is 8.06. The molecule has 0 fully saturated rings. The second-order valence-electron chi connectivity index (χ2n) is 5.79. The molecule has 0 radical (unpaired) electrons. The molecule has 6 heteroatoms. The third kappa shape index (κ3) is 4.64. The number of nitrogens with zero attached hydrogens (tertiary/aromatic N) is 2. The van der Waals surface area contributed by atoms with Gasteiger partial charge in [0.15, 0.2) is 0 Å². The van der Waals surface area contributed by atoms with Crippen molar-refractivity contribution in [2.45, 2.75) is 19.9 Å². The Hall–Kier alpha value is -2.73. The number of thiophene rings is 1. The fraction of sp³-hybridized carbons (Fsp3) is 0.211. The van der Waals surface area contributed by atoms with Gasteiger partial charge in [-0.25, -0.2) is 4.68 Å². The summed E-state index contributed by atoms with van der Waals surface area (Å²) in [6.07, 6.45) is 0.784. The van der Waals surface area contributed by atoms with E-state index in [2.05, 4.69) is 10.4 Å². The first-order valence-corrected chi connectivity index (χ1v) is 8.94. The van der Waals surface area contributed by atoms with E-state index in [4.69, 9.17) is 0 Å². The summed E-state index contributed by atoms with van der Waals surface area (Å²) in [7, 11) is 0. The molecule has 2 heterocycles. The Bertz CT molecular complexity index is 899. The zero-order valence-corrected chi connectivity index (χ0v) is 14.8. The van der Waals surface area contributed by atoms with Crippen molar-refractivity contribution >= 4 is 17.2 Å². The summed E-state index contributed by atoms with van der Waals surface area (Å²) in [5, 5.41) is 9.06. The van der Waals surface area contributed by atoms with Gasteiger partial charge in [-0.05, 0) is 36.4 Å². The number of hydrogen-bond donors (Lipinski definition) is 1. The topological polar surface area (TPSA) is 64.0 Å². The van der Waals surface area contributed by atoms with E-state index in [1.165, 1.54) is 21.7 Å². The van der Waals surface area contributed by atoms with E-state index in [1.54, 1.807) is 11.3 Å². The van der Waals surface area contributed by atoms with Gasteiger partial charge < -0.3 is 5.32 Å². The molecule has 0 aliphatic rings. The Kier molecular flexibility index (Phi) is 5.40. The van der Waals surface area contributed by atoms with Crippen LogP contribution >= 0.6 is 11.3 Å². The van der Waals surface area contributed by atoms with Crippen LogP contribution in [0.2, 0.25) is 0 Å². The zero-order valence-electron chi connectivity index (χ0n) is 13.9. The summed E-state index contributed by atoms with van der Waals surface area (Å²) in [6, 6.07) is 14.8. The van der Waals surface area contributed by atoms with E-state index in [0.717, 1.165) is 17.5 Å². The first-order chi connectivity index (χ1) is 12.1. The summed E-state index contributed by atoms with van der Waals surface area (Å²) in [5.41, 5.74) is 2.15. The third-order valence-corrected chi connectivity index (χ3v) is 4.73. The molecule has 0 atom stereocenters. The summed E-state index contributed by atoms with van der Waals surface area (Å²) >= 11 is 1.66. The quantitative estimate of drug-likeness (QED) is 0.741. The standard InChI is InChI=1S/C19H19N3O2S/c1-14-4-6-15(7-5-14)13-22-18(23)9-8-17(21-22)19(24)20-11-10-16-3-2-12-25-16/h2-9,12H,10-11,13H2,1H3,(H,20,24). The van der Waals surface area contributed by atoms with Gasteiger partial charge in [0.1, 0.15) is 5.69 Å². The molecule has 0 aliphatic carbocycles.